The monoisotopic (exact) mass is 316 g/mol. The molecule has 0 aromatic heterocycles. The zero-order chi connectivity index (χ0) is 16.1. The molecule has 0 spiro atoms. The van der Waals surface area contributed by atoms with Crippen molar-refractivity contribution < 1.29 is 17.9 Å². The zero-order valence-electron chi connectivity index (χ0n) is 13.0. The number of sulfonamides is 1. The van der Waals surface area contributed by atoms with Crippen molar-refractivity contribution >= 4 is 10.0 Å². The van der Waals surface area contributed by atoms with Crippen molar-refractivity contribution in [3.05, 3.63) is 23.8 Å². The Kier molecular flexibility index (Phi) is 6.15. The van der Waals surface area contributed by atoms with Gasteiger partial charge in [0.25, 0.3) is 0 Å². The lowest BCUT2D eigenvalue weighted by atomic mass is 10.1. The highest BCUT2D eigenvalue weighted by atomic mass is 32.2. The van der Waals surface area contributed by atoms with Gasteiger partial charge < -0.3 is 15.2 Å². The maximum absolute atomic E-state index is 12.4. The van der Waals surface area contributed by atoms with E-state index in [-0.39, 0.29) is 11.4 Å². The van der Waals surface area contributed by atoms with Gasteiger partial charge in [0.2, 0.25) is 10.0 Å². The minimum absolute atomic E-state index is 0.180. The molecule has 0 aliphatic heterocycles. The summed E-state index contributed by atoms with van der Waals surface area (Å²) in [7, 11) is -0.543. The van der Waals surface area contributed by atoms with Crippen LogP contribution in [0.1, 0.15) is 19.4 Å². The second kappa shape index (κ2) is 7.22. The summed E-state index contributed by atoms with van der Waals surface area (Å²) in [6.07, 6.45) is 0.459. The van der Waals surface area contributed by atoms with Crippen LogP contribution >= 0.6 is 0 Å². The average molecular weight is 316 g/mol. The largest absolute Gasteiger partial charge is 0.497 e. The van der Waals surface area contributed by atoms with Crippen molar-refractivity contribution in [3.8, 4) is 5.75 Å². The van der Waals surface area contributed by atoms with Gasteiger partial charge in [0.05, 0.1) is 17.6 Å². The fraction of sp³-hybridized carbons (Fsp3) is 0.571. The van der Waals surface area contributed by atoms with Gasteiger partial charge in [-0.3, -0.25) is 0 Å². The van der Waals surface area contributed by atoms with Gasteiger partial charge in [0.1, 0.15) is 5.75 Å². The molecule has 0 radical (unpaired) electrons. The molecule has 0 amide bonds. The third kappa shape index (κ3) is 4.96. The maximum atomic E-state index is 12.4. The van der Waals surface area contributed by atoms with Crippen LogP contribution in [0.4, 0.5) is 0 Å². The lowest BCUT2D eigenvalue weighted by Crippen LogP contribution is -2.40. The molecule has 120 valence electrons. The van der Waals surface area contributed by atoms with Gasteiger partial charge in [0, 0.05) is 13.7 Å². The Morgan fingerprint density at radius 1 is 1.29 bits per heavy atom. The highest BCUT2D eigenvalue weighted by Crippen LogP contribution is 2.22. The van der Waals surface area contributed by atoms with Crippen molar-refractivity contribution in [2.75, 3.05) is 27.3 Å². The van der Waals surface area contributed by atoms with Crippen LogP contribution in [0.3, 0.4) is 0 Å². The van der Waals surface area contributed by atoms with Crippen LogP contribution < -0.4 is 15.2 Å². The topological polar surface area (TPSA) is 90.7 Å². The van der Waals surface area contributed by atoms with Gasteiger partial charge >= 0.3 is 0 Å². The number of methoxy groups -OCH3 is 2. The van der Waals surface area contributed by atoms with Crippen molar-refractivity contribution in [1.82, 2.24) is 4.72 Å². The normalized spacial score (nSPS) is 12.4. The second-order valence-electron chi connectivity index (χ2n) is 5.30. The van der Waals surface area contributed by atoms with Crippen LogP contribution in [0, 0.1) is 0 Å². The smallest absolute Gasteiger partial charge is 0.240 e. The zero-order valence-corrected chi connectivity index (χ0v) is 13.8. The molecule has 1 aromatic rings. The molecule has 21 heavy (non-hydrogen) atoms. The van der Waals surface area contributed by atoms with Crippen molar-refractivity contribution in [2.24, 2.45) is 5.73 Å². The van der Waals surface area contributed by atoms with Crippen LogP contribution in [-0.4, -0.2) is 41.3 Å². The third-order valence-corrected chi connectivity index (χ3v) is 4.71. The first-order valence-corrected chi connectivity index (χ1v) is 8.16. The van der Waals surface area contributed by atoms with E-state index < -0.39 is 15.6 Å². The van der Waals surface area contributed by atoms with Gasteiger partial charge in [-0.2, -0.15) is 0 Å². The summed E-state index contributed by atoms with van der Waals surface area (Å²) in [5.74, 6) is 0.606. The fourth-order valence-electron chi connectivity index (χ4n) is 1.71. The number of benzene rings is 1. The molecule has 0 saturated heterocycles. The molecule has 1 aromatic carbocycles. The van der Waals surface area contributed by atoms with E-state index in [9.17, 15) is 8.42 Å². The molecule has 3 N–H and O–H groups in total. The maximum Gasteiger partial charge on any atom is 0.240 e. The van der Waals surface area contributed by atoms with E-state index in [1.165, 1.54) is 13.2 Å². The fourth-order valence-corrected chi connectivity index (χ4v) is 3.16. The van der Waals surface area contributed by atoms with E-state index in [0.717, 1.165) is 0 Å². The highest BCUT2D eigenvalue weighted by Gasteiger charge is 2.23. The molecule has 0 heterocycles. The summed E-state index contributed by atoms with van der Waals surface area (Å²) in [6.45, 7) is 4.16. The Labute approximate surface area is 126 Å². The van der Waals surface area contributed by atoms with E-state index in [1.807, 2.05) is 13.8 Å². The molecule has 7 heteroatoms. The molecule has 0 aliphatic rings. The summed E-state index contributed by atoms with van der Waals surface area (Å²) in [5, 5.41) is 0. The van der Waals surface area contributed by atoms with E-state index in [0.29, 0.717) is 24.3 Å². The van der Waals surface area contributed by atoms with Gasteiger partial charge in [-0.1, -0.05) is 0 Å². The van der Waals surface area contributed by atoms with Gasteiger partial charge in [-0.05, 0) is 50.6 Å². The van der Waals surface area contributed by atoms with Crippen LogP contribution in [0.5, 0.6) is 5.75 Å². The van der Waals surface area contributed by atoms with Crippen LogP contribution in [0.15, 0.2) is 23.1 Å². The van der Waals surface area contributed by atoms with Gasteiger partial charge in [-0.25, -0.2) is 13.1 Å². The van der Waals surface area contributed by atoms with E-state index >= 15 is 0 Å². The quantitative estimate of drug-likeness (QED) is 0.743. The van der Waals surface area contributed by atoms with E-state index in [4.69, 9.17) is 15.2 Å². The number of hydrogen-bond acceptors (Lipinski definition) is 5. The summed E-state index contributed by atoms with van der Waals surface area (Å²) < 4.78 is 37.8. The average Bonchev–Trinajstić information content (AvgIpc) is 2.45. The summed E-state index contributed by atoms with van der Waals surface area (Å²) >= 11 is 0. The number of hydrogen-bond donors (Lipinski definition) is 2. The molecule has 0 atom stereocenters. The van der Waals surface area contributed by atoms with Crippen molar-refractivity contribution in [2.45, 2.75) is 30.8 Å². The Bertz CT molecular complexity index is 570. The standard InChI is InChI=1S/C14H24N2O4S/c1-14(2,20-4)10-16-21(17,18)13-6-5-12(19-3)9-11(13)7-8-15/h5-6,9,16H,7-8,10,15H2,1-4H3. The van der Waals surface area contributed by atoms with E-state index in [1.54, 1.807) is 19.2 Å². The second-order valence-corrected chi connectivity index (χ2v) is 7.04. The van der Waals surface area contributed by atoms with Crippen molar-refractivity contribution in [3.63, 3.8) is 0 Å². The Balaban J connectivity index is 3.07. The minimum Gasteiger partial charge on any atom is -0.497 e. The van der Waals surface area contributed by atoms with Gasteiger partial charge in [0.15, 0.2) is 0 Å². The van der Waals surface area contributed by atoms with Crippen molar-refractivity contribution in [1.29, 1.82) is 0 Å². The molecule has 0 bridgehead atoms. The molecule has 0 unspecified atom stereocenters. The number of ether oxygens (including phenoxy) is 2. The summed E-state index contributed by atoms with van der Waals surface area (Å²) in [5.41, 5.74) is 5.62. The Hall–Kier alpha value is -1.15. The van der Waals surface area contributed by atoms with Crippen LogP contribution in [-0.2, 0) is 21.2 Å². The first-order chi connectivity index (χ1) is 9.75. The predicted octanol–water partition coefficient (Wildman–Crippen LogP) is 0.900. The Morgan fingerprint density at radius 2 is 1.95 bits per heavy atom. The number of nitrogens with one attached hydrogen (secondary N) is 1. The molecular formula is C14H24N2O4S. The molecule has 1 rings (SSSR count). The lowest BCUT2D eigenvalue weighted by molar-refractivity contribution is 0.0276. The predicted molar refractivity (Wildman–Crippen MR) is 82.0 cm³/mol. The molecule has 6 nitrogen and oxygen atoms in total. The van der Waals surface area contributed by atoms with Crippen LogP contribution in [0.25, 0.3) is 0 Å². The summed E-state index contributed by atoms with van der Waals surface area (Å²) in [6, 6.07) is 4.85. The first kappa shape index (κ1) is 17.9. The summed E-state index contributed by atoms with van der Waals surface area (Å²) in [4.78, 5) is 0.223. The molecular weight excluding hydrogens is 292 g/mol. The lowest BCUT2D eigenvalue weighted by Gasteiger charge is -2.23. The highest BCUT2D eigenvalue weighted by molar-refractivity contribution is 7.89. The van der Waals surface area contributed by atoms with E-state index in [2.05, 4.69) is 4.72 Å². The van der Waals surface area contributed by atoms with Crippen LogP contribution in [0.2, 0.25) is 0 Å². The minimum atomic E-state index is -3.62. The SMILES string of the molecule is COc1ccc(S(=O)(=O)NCC(C)(C)OC)c(CCN)c1. The molecule has 0 fully saturated rings. The number of rotatable bonds is 8. The Morgan fingerprint density at radius 3 is 2.48 bits per heavy atom. The number of nitrogens with two attached hydrogens (primary N) is 1. The first-order valence-electron chi connectivity index (χ1n) is 6.67. The molecule has 0 saturated carbocycles. The molecule has 0 aliphatic carbocycles. The third-order valence-electron chi connectivity index (χ3n) is 3.21. The van der Waals surface area contributed by atoms with Gasteiger partial charge in [-0.15, -0.1) is 0 Å².